The molecule has 4 heteroatoms. The Kier molecular flexibility index (Phi) is 4.62. The number of hydrogen-bond donors (Lipinski definition) is 0. The Labute approximate surface area is 131 Å². The number of halogens is 4. The molecular formula is C14H10Br3F. The molecule has 2 aromatic carbocycles. The molecular weight excluding hydrogens is 427 g/mol. The summed E-state index contributed by atoms with van der Waals surface area (Å²) in [7, 11) is 0. The smallest absolute Gasteiger partial charge is 0.127 e. The molecule has 18 heavy (non-hydrogen) atoms. The molecule has 0 aliphatic heterocycles. The minimum Gasteiger partial charge on any atom is -0.207 e. The quantitative estimate of drug-likeness (QED) is 0.496. The highest BCUT2D eigenvalue weighted by molar-refractivity contribution is 9.11. The Bertz CT molecular complexity index is 530. The highest BCUT2D eigenvalue weighted by Gasteiger charge is 2.17. The third kappa shape index (κ3) is 3.03. The van der Waals surface area contributed by atoms with Gasteiger partial charge in [-0.2, -0.15) is 0 Å². The van der Waals surface area contributed by atoms with E-state index in [0.717, 1.165) is 20.1 Å². The minimum atomic E-state index is -0.200. The van der Waals surface area contributed by atoms with E-state index in [0.29, 0.717) is 5.56 Å². The van der Waals surface area contributed by atoms with Crippen LogP contribution in [0, 0.1) is 12.7 Å². The molecule has 0 aromatic heterocycles. The summed E-state index contributed by atoms with van der Waals surface area (Å²) in [5.74, 6) is -0.200. The largest absolute Gasteiger partial charge is 0.207 e. The summed E-state index contributed by atoms with van der Waals surface area (Å²) in [6, 6.07) is 11.0. The molecule has 0 bridgehead atoms. The topological polar surface area (TPSA) is 0 Å². The highest BCUT2D eigenvalue weighted by Crippen LogP contribution is 2.38. The van der Waals surface area contributed by atoms with Crippen LogP contribution in [0.1, 0.15) is 21.5 Å². The van der Waals surface area contributed by atoms with Gasteiger partial charge in [0.25, 0.3) is 0 Å². The summed E-state index contributed by atoms with van der Waals surface area (Å²) in [6.45, 7) is 1.96. The Morgan fingerprint density at radius 1 is 1.00 bits per heavy atom. The van der Waals surface area contributed by atoms with Crippen molar-refractivity contribution in [2.75, 3.05) is 0 Å². The van der Waals surface area contributed by atoms with E-state index in [4.69, 9.17) is 0 Å². The second kappa shape index (κ2) is 5.85. The van der Waals surface area contributed by atoms with Gasteiger partial charge in [0.1, 0.15) is 5.82 Å². The summed E-state index contributed by atoms with van der Waals surface area (Å²) >= 11 is 10.5. The number of hydrogen-bond acceptors (Lipinski definition) is 0. The molecule has 0 aliphatic carbocycles. The molecule has 94 valence electrons. The highest BCUT2D eigenvalue weighted by atomic mass is 79.9. The lowest BCUT2D eigenvalue weighted by Crippen LogP contribution is -1.98. The van der Waals surface area contributed by atoms with Gasteiger partial charge in [0.2, 0.25) is 0 Å². The van der Waals surface area contributed by atoms with E-state index in [9.17, 15) is 4.39 Å². The van der Waals surface area contributed by atoms with Crippen molar-refractivity contribution in [3.05, 3.63) is 67.9 Å². The fourth-order valence-electron chi connectivity index (χ4n) is 1.73. The molecule has 0 nitrogen and oxygen atoms in total. The zero-order valence-corrected chi connectivity index (χ0v) is 14.3. The van der Waals surface area contributed by atoms with Gasteiger partial charge in [-0.1, -0.05) is 65.5 Å². The lowest BCUT2D eigenvalue weighted by molar-refractivity contribution is 0.613. The van der Waals surface area contributed by atoms with E-state index < -0.39 is 0 Å². The first-order chi connectivity index (χ1) is 8.49. The first kappa shape index (κ1) is 14.2. The minimum absolute atomic E-state index is 0.177. The van der Waals surface area contributed by atoms with Crippen LogP contribution in [0.25, 0.3) is 0 Å². The van der Waals surface area contributed by atoms with E-state index in [2.05, 4.69) is 47.8 Å². The fourth-order valence-corrected chi connectivity index (χ4v) is 3.62. The van der Waals surface area contributed by atoms with Crippen LogP contribution in [-0.2, 0) is 0 Å². The van der Waals surface area contributed by atoms with Gasteiger partial charge in [-0.3, -0.25) is 0 Å². The molecule has 0 radical (unpaired) electrons. The second-order valence-corrected chi connectivity index (χ2v) is 6.74. The van der Waals surface area contributed by atoms with Gasteiger partial charge >= 0.3 is 0 Å². The van der Waals surface area contributed by atoms with E-state index in [1.54, 1.807) is 6.07 Å². The van der Waals surface area contributed by atoms with E-state index >= 15 is 0 Å². The van der Waals surface area contributed by atoms with Crippen LogP contribution >= 0.6 is 47.8 Å². The van der Waals surface area contributed by atoms with Gasteiger partial charge in [-0.15, -0.1) is 0 Å². The SMILES string of the molecule is Cc1ccc(F)c(C(Br)c2cc(Br)ccc2Br)c1. The Morgan fingerprint density at radius 3 is 2.44 bits per heavy atom. The Balaban J connectivity index is 2.50. The molecule has 0 heterocycles. The molecule has 0 saturated carbocycles. The maximum absolute atomic E-state index is 13.9. The van der Waals surface area contributed by atoms with Crippen molar-refractivity contribution >= 4 is 47.8 Å². The summed E-state index contributed by atoms with van der Waals surface area (Å²) in [5, 5.41) is 0. The van der Waals surface area contributed by atoms with Crippen LogP contribution in [-0.4, -0.2) is 0 Å². The van der Waals surface area contributed by atoms with E-state index in [-0.39, 0.29) is 10.6 Å². The normalized spacial score (nSPS) is 12.5. The van der Waals surface area contributed by atoms with Gasteiger partial charge in [0, 0.05) is 14.5 Å². The first-order valence-electron chi connectivity index (χ1n) is 5.34. The lowest BCUT2D eigenvalue weighted by atomic mass is 10.0. The van der Waals surface area contributed by atoms with Crippen molar-refractivity contribution in [1.29, 1.82) is 0 Å². The van der Waals surface area contributed by atoms with Gasteiger partial charge in [-0.25, -0.2) is 4.39 Å². The van der Waals surface area contributed by atoms with Crippen LogP contribution in [0.15, 0.2) is 45.3 Å². The predicted octanol–water partition coefficient (Wildman–Crippen LogP) is 6.14. The summed E-state index contributed by atoms with van der Waals surface area (Å²) < 4.78 is 15.8. The van der Waals surface area contributed by atoms with Crippen LogP contribution < -0.4 is 0 Å². The van der Waals surface area contributed by atoms with Crippen LogP contribution in [0.4, 0.5) is 4.39 Å². The summed E-state index contributed by atoms with van der Waals surface area (Å²) in [6.07, 6.45) is 0. The van der Waals surface area contributed by atoms with Gasteiger partial charge in [0.05, 0.1) is 4.83 Å². The van der Waals surface area contributed by atoms with Crippen molar-refractivity contribution < 1.29 is 4.39 Å². The monoisotopic (exact) mass is 434 g/mol. The Morgan fingerprint density at radius 2 is 1.72 bits per heavy atom. The zero-order chi connectivity index (χ0) is 13.3. The zero-order valence-electron chi connectivity index (χ0n) is 9.55. The van der Waals surface area contributed by atoms with Crippen molar-refractivity contribution in [3.63, 3.8) is 0 Å². The fraction of sp³-hybridized carbons (Fsp3) is 0.143. The lowest BCUT2D eigenvalue weighted by Gasteiger charge is -2.14. The second-order valence-electron chi connectivity index (χ2n) is 4.05. The van der Waals surface area contributed by atoms with Crippen molar-refractivity contribution in [2.45, 2.75) is 11.8 Å². The molecule has 2 aromatic rings. The van der Waals surface area contributed by atoms with Crippen molar-refractivity contribution in [2.24, 2.45) is 0 Å². The maximum Gasteiger partial charge on any atom is 0.127 e. The van der Waals surface area contributed by atoms with Gasteiger partial charge in [-0.05, 0) is 36.8 Å². The molecule has 1 atom stereocenters. The average molecular weight is 437 g/mol. The number of benzene rings is 2. The average Bonchev–Trinajstić information content (AvgIpc) is 2.34. The van der Waals surface area contributed by atoms with Gasteiger partial charge < -0.3 is 0 Å². The Hall–Kier alpha value is -0.190. The standard InChI is InChI=1S/C14H10Br3F/c1-8-2-5-13(18)11(6-8)14(17)10-7-9(15)3-4-12(10)16/h2-7,14H,1H3. The van der Waals surface area contributed by atoms with E-state index in [1.165, 1.54) is 6.07 Å². The summed E-state index contributed by atoms with van der Waals surface area (Å²) in [4.78, 5) is -0.177. The van der Waals surface area contributed by atoms with Crippen LogP contribution in [0.5, 0.6) is 0 Å². The predicted molar refractivity (Wildman–Crippen MR) is 83.7 cm³/mol. The number of aryl methyl sites for hydroxylation is 1. The molecule has 2 rings (SSSR count). The van der Waals surface area contributed by atoms with Crippen LogP contribution in [0.2, 0.25) is 0 Å². The molecule has 1 unspecified atom stereocenters. The third-order valence-corrected chi connectivity index (χ3v) is 4.86. The van der Waals surface area contributed by atoms with Crippen LogP contribution in [0.3, 0.4) is 0 Å². The summed E-state index contributed by atoms with van der Waals surface area (Å²) in [5.41, 5.74) is 2.68. The van der Waals surface area contributed by atoms with Crippen molar-refractivity contribution in [1.82, 2.24) is 0 Å². The molecule has 0 fully saturated rings. The number of alkyl halides is 1. The molecule has 0 amide bonds. The molecule has 0 spiro atoms. The third-order valence-electron chi connectivity index (χ3n) is 2.66. The van der Waals surface area contributed by atoms with E-state index in [1.807, 2.05) is 31.2 Å². The van der Waals surface area contributed by atoms with Gasteiger partial charge in [0.15, 0.2) is 0 Å². The molecule has 0 N–H and O–H groups in total. The molecule has 0 saturated heterocycles. The maximum atomic E-state index is 13.9. The number of rotatable bonds is 2. The van der Waals surface area contributed by atoms with Crippen molar-refractivity contribution in [3.8, 4) is 0 Å². The first-order valence-corrected chi connectivity index (χ1v) is 7.84. The molecule has 0 aliphatic rings.